The van der Waals surface area contributed by atoms with Gasteiger partial charge in [0.1, 0.15) is 5.78 Å². The molecule has 0 saturated carbocycles. The molecule has 0 heterocycles. The average Bonchev–Trinajstić information content (AvgIpc) is 2.72. The molecular formula is C23H30Cl2N2O2. The van der Waals surface area contributed by atoms with E-state index in [0.717, 1.165) is 18.4 Å². The normalized spacial score (nSPS) is 10.3. The molecule has 158 valence electrons. The Hall–Kier alpha value is -1.88. The fourth-order valence-electron chi connectivity index (χ4n) is 2.39. The molecule has 3 N–H and O–H groups in total. The largest absolute Gasteiger partial charge is 0.352 e. The number of carbonyl (C=O) groups excluding carboxylic acids is 2. The van der Waals surface area contributed by atoms with Gasteiger partial charge in [0.25, 0.3) is 0 Å². The number of rotatable bonds is 9. The van der Waals surface area contributed by atoms with Gasteiger partial charge < -0.3 is 11.1 Å². The van der Waals surface area contributed by atoms with Crippen LogP contribution in [-0.2, 0) is 22.6 Å². The van der Waals surface area contributed by atoms with E-state index in [1.165, 1.54) is 5.56 Å². The standard InChI is InChI=1S/C13H17Cl2NO.C10H13NO/c1-9(2)3-6-13(17)16-8-10-4-5-11(14)12(15)7-10;11-8-10(12)7-6-9-4-2-1-3-5-9/h4-5,7,9H,3,6,8H2,1-2H3,(H,16,17);1-5H,6-8,11H2. The molecule has 4 nitrogen and oxygen atoms in total. The summed E-state index contributed by atoms with van der Waals surface area (Å²) < 4.78 is 0. The number of hydrogen-bond donors (Lipinski definition) is 2. The van der Waals surface area contributed by atoms with Crippen LogP contribution >= 0.6 is 23.2 Å². The first-order valence-corrected chi connectivity index (χ1v) is 10.5. The lowest BCUT2D eigenvalue weighted by atomic mass is 10.1. The zero-order chi connectivity index (χ0) is 21.6. The predicted molar refractivity (Wildman–Crippen MR) is 121 cm³/mol. The summed E-state index contributed by atoms with van der Waals surface area (Å²) in [5.74, 6) is 0.745. The zero-order valence-electron chi connectivity index (χ0n) is 17.1. The second kappa shape index (κ2) is 14.2. The molecule has 0 aromatic heterocycles. The molecule has 0 atom stereocenters. The van der Waals surface area contributed by atoms with E-state index in [4.69, 9.17) is 28.9 Å². The summed E-state index contributed by atoms with van der Waals surface area (Å²) in [5.41, 5.74) is 7.34. The van der Waals surface area contributed by atoms with Crippen molar-refractivity contribution in [3.05, 3.63) is 69.7 Å². The van der Waals surface area contributed by atoms with E-state index in [0.29, 0.717) is 35.3 Å². The summed E-state index contributed by atoms with van der Waals surface area (Å²) in [6.07, 6.45) is 2.84. The average molecular weight is 437 g/mol. The molecule has 1 amide bonds. The summed E-state index contributed by atoms with van der Waals surface area (Å²) in [4.78, 5) is 22.4. The number of benzene rings is 2. The number of aryl methyl sites for hydroxylation is 1. The first kappa shape index (κ1) is 25.2. The van der Waals surface area contributed by atoms with Crippen molar-refractivity contribution in [3.8, 4) is 0 Å². The zero-order valence-corrected chi connectivity index (χ0v) is 18.6. The molecular weight excluding hydrogens is 407 g/mol. The van der Waals surface area contributed by atoms with Gasteiger partial charge in [-0.15, -0.1) is 0 Å². The van der Waals surface area contributed by atoms with E-state index in [2.05, 4.69) is 19.2 Å². The number of amides is 1. The minimum atomic E-state index is 0.0739. The molecule has 0 fully saturated rings. The second-order valence-electron chi connectivity index (χ2n) is 7.19. The van der Waals surface area contributed by atoms with Gasteiger partial charge in [-0.25, -0.2) is 0 Å². The molecule has 0 spiro atoms. The van der Waals surface area contributed by atoms with Crippen molar-refractivity contribution in [2.45, 2.75) is 46.1 Å². The maximum atomic E-state index is 11.5. The van der Waals surface area contributed by atoms with Gasteiger partial charge in [0, 0.05) is 19.4 Å². The van der Waals surface area contributed by atoms with Gasteiger partial charge >= 0.3 is 0 Å². The van der Waals surface area contributed by atoms with Crippen LogP contribution < -0.4 is 11.1 Å². The molecule has 6 heteroatoms. The summed E-state index contributed by atoms with van der Waals surface area (Å²) in [5, 5.41) is 3.90. The third-order valence-electron chi connectivity index (χ3n) is 4.19. The second-order valence-corrected chi connectivity index (χ2v) is 8.00. The van der Waals surface area contributed by atoms with E-state index in [1.54, 1.807) is 12.1 Å². The number of hydrogen-bond acceptors (Lipinski definition) is 3. The summed E-state index contributed by atoms with van der Waals surface area (Å²) >= 11 is 11.7. The Bertz CT molecular complexity index is 765. The Morgan fingerprint density at radius 1 is 0.966 bits per heavy atom. The molecule has 0 bridgehead atoms. The highest BCUT2D eigenvalue weighted by molar-refractivity contribution is 6.42. The van der Waals surface area contributed by atoms with E-state index in [9.17, 15) is 9.59 Å². The number of nitrogens with one attached hydrogen (secondary N) is 1. The van der Waals surface area contributed by atoms with Gasteiger partial charge in [0.05, 0.1) is 16.6 Å². The molecule has 29 heavy (non-hydrogen) atoms. The van der Waals surface area contributed by atoms with Crippen molar-refractivity contribution in [1.82, 2.24) is 5.32 Å². The fraction of sp³-hybridized carbons (Fsp3) is 0.391. The van der Waals surface area contributed by atoms with Crippen molar-refractivity contribution >= 4 is 34.9 Å². The van der Waals surface area contributed by atoms with Crippen molar-refractivity contribution < 1.29 is 9.59 Å². The SMILES string of the molecule is CC(C)CCC(=O)NCc1ccc(Cl)c(Cl)c1.NCC(=O)CCc1ccccc1. The minimum absolute atomic E-state index is 0.0739. The van der Waals surface area contributed by atoms with Crippen LogP contribution in [-0.4, -0.2) is 18.2 Å². The highest BCUT2D eigenvalue weighted by atomic mass is 35.5. The van der Waals surface area contributed by atoms with Gasteiger partial charge in [-0.05, 0) is 42.0 Å². The van der Waals surface area contributed by atoms with E-state index < -0.39 is 0 Å². The number of Topliss-reactive ketones (excluding diaryl/α,β-unsaturated/α-hetero) is 1. The highest BCUT2D eigenvalue weighted by Gasteiger charge is 2.04. The van der Waals surface area contributed by atoms with Crippen molar-refractivity contribution in [3.63, 3.8) is 0 Å². The van der Waals surface area contributed by atoms with E-state index in [-0.39, 0.29) is 18.2 Å². The van der Waals surface area contributed by atoms with Crippen LogP contribution in [0.4, 0.5) is 0 Å². The quantitative estimate of drug-likeness (QED) is 0.567. The van der Waals surface area contributed by atoms with Gasteiger partial charge in [0.2, 0.25) is 5.91 Å². The highest BCUT2D eigenvalue weighted by Crippen LogP contribution is 2.22. The number of ketones is 1. The van der Waals surface area contributed by atoms with E-state index >= 15 is 0 Å². The number of carbonyl (C=O) groups is 2. The molecule has 0 radical (unpaired) electrons. The minimum Gasteiger partial charge on any atom is -0.352 e. The van der Waals surface area contributed by atoms with Gasteiger partial charge in [-0.3, -0.25) is 9.59 Å². The Labute approximate surface area is 183 Å². The van der Waals surface area contributed by atoms with Gasteiger partial charge in [-0.2, -0.15) is 0 Å². The summed E-state index contributed by atoms with van der Waals surface area (Å²) in [6, 6.07) is 15.3. The third kappa shape index (κ3) is 11.6. The number of halogens is 2. The summed E-state index contributed by atoms with van der Waals surface area (Å²) in [7, 11) is 0. The first-order valence-electron chi connectivity index (χ1n) is 9.78. The van der Waals surface area contributed by atoms with Crippen molar-refractivity contribution in [1.29, 1.82) is 0 Å². The van der Waals surface area contributed by atoms with Crippen LogP contribution in [0, 0.1) is 5.92 Å². The lowest BCUT2D eigenvalue weighted by molar-refractivity contribution is -0.121. The molecule has 0 unspecified atom stereocenters. The van der Waals surface area contributed by atoms with Crippen LogP contribution in [0.5, 0.6) is 0 Å². The molecule has 0 aliphatic carbocycles. The molecule has 0 saturated heterocycles. The molecule has 2 aromatic carbocycles. The molecule has 0 aliphatic rings. The Morgan fingerprint density at radius 3 is 2.24 bits per heavy atom. The summed E-state index contributed by atoms with van der Waals surface area (Å²) in [6.45, 7) is 4.86. The monoisotopic (exact) mass is 436 g/mol. The molecule has 2 aromatic rings. The predicted octanol–water partition coefficient (Wildman–Crippen LogP) is 5.19. The van der Waals surface area contributed by atoms with E-state index in [1.807, 2.05) is 36.4 Å². The third-order valence-corrected chi connectivity index (χ3v) is 4.92. The van der Waals surface area contributed by atoms with Crippen LogP contribution in [0.15, 0.2) is 48.5 Å². The first-order chi connectivity index (χ1) is 13.8. The van der Waals surface area contributed by atoms with Crippen LogP contribution in [0.25, 0.3) is 0 Å². The van der Waals surface area contributed by atoms with Gasteiger partial charge in [-0.1, -0.05) is 73.4 Å². The Balaban J connectivity index is 0.000000308. The molecule has 2 rings (SSSR count). The maximum absolute atomic E-state index is 11.5. The van der Waals surface area contributed by atoms with Gasteiger partial charge in [0.15, 0.2) is 0 Å². The topological polar surface area (TPSA) is 72.2 Å². The lowest BCUT2D eigenvalue weighted by Crippen LogP contribution is -2.22. The van der Waals surface area contributed by atoms with Crippen LogP contribution in [0.3, 0.4) is 0 Å². The van der Waals surface area contributed by atoms with Crippen LogP contribution in [0.1, 0.15) is 44.2 Å². The maximum Gasteiger partial charge on any atom is 0.220 e. The van der Waals surface area contributed by atoms with Crippen molar-refractivity contribution in [2.75, 3.05) is 6.54 Å². The smallest absolute Gasteiger partial charge is 0.220 e. The Morgan fingerprint density at radius 2 is 1.66 bits per heavy atom. The molecule has 0 aliphatic heterocycles. The number of nitrogens with two attached hydrogens (primary N) is 1. The fourth-order valence-corrected chi connectivity index (χ4v) is 2.71. The Kier molecular flexibility index (Phi) is 12.3. The van der Waals surface area contributed by atoms with Crippen molar-refractivity contribution in [2.24, 2.45) is 11.7 Å². The van der Waals surface area contributed by atoms with Crippen LogP contribution in [0.2, 0.25) is 10.0 Å². The lowest BCUT2D eigenvalue weighted by Gasteiger charge is -2.07.